The molecule has 0 amide bonds. The van der Waals surface area contributed by atoms with Crippen LogP contribution in [-0.4, -0.2) is 17.0 Å². The van der Waals surface area contributed by atoms with Crippen molar-refractivity contribution < 1.29 is 0 Å². The molecule has 0 saturated heterocycles. The van der Waals surface area contributed by atoms with Crippen LogP contribution < -0.4 is 5.73 Å². The van der Waals surface area contributed by atoms with Crippen LogP contribution in [0.5, 0.6) is 0 Å². The highest BCUT2D eigenvalue weighted by atomic mass is 32.2. The van der Waals surface area contributed by atoms with Gasteiger partial charge in [-0.25, -0.2) is 0 Å². The van der Waals surface area contributed by atoms with E-state index < -0.39 is 0 Å². The number of rotatable bonds is 4. The zero-order valence-corrected chi connectivity index (χ0v) is 9.78. The van der Waals surface area contributed by atoms with Gasteiger partial charge in [0.2, 0.25) is 0 Å². The number of hydrogen-bond acceptors (Lipinski definition) is 2. The average molecular weight is 201 g/mol. The summed E-state index contributed by atoms with van der Waals surface area (Å²) in [6, 6.07) is 0.419. The maximum atomic E-state index is 5.90. The molecule has 1 fully saturated rings. The Morgan fingerprint density at radius 3 is 2.85 bits per heavy atom. The first-order valence-electron chi connectivity index (χ1n) is 5.59. The second-order valence-electron chi connectivity index (χ2n) is 4.40. The van der Waals surface area contributed by atoms with Crippen LogP contribution in [0, 0.1) is 5.92 Å². The minimum atomic E-state index is 0.419. The molecule has 2 N–H and O–H groups in total. The summed E-state index contributed by atoms with van der Waals surface area (Å²) in [5, 5.41) is 0.904. The topological polar surface area (TPSA) is 26.0 Å². The normalized spacial score (nSPS) is 31.6. The van der Waals surface area contributed by atoms with E-state index in [0.29, 0.717) is 6.04 Å². The van der Waals surface area contributed by atoms with Crippen LogP contribution in [0.4, 0.5) is 0 Å². The highest BCUT2D eigenvalue weighted by Gasteiger charge is 2.19. The van der Waals surface area contributed by atoms with Gasteiger partial charge in [0.25, 0.3) is 0 Å². The van der Waals surface area contributed by atoms with Crippen molar-refractivity contribution in [3.63, 3.8) is 0 Å². The van der Waals surface area contributed by atoms with Crippen molar-refractivity contribution in [1.29, 1.82) is 0 Å². The Kier molecular flexibility index (Phi) is 5.18. The molecule has 0 aliphatic heterocycles. The van der Waals surface area contributed by atoms with E-state index in [0.717, 1.165) is 23.3 Å². The van der Waals surface area contributed by atoms with Gasteiger partial charge in [0.15, 0.2) is 0 Å². The van der Waals surface area contributed by atoms with Crippen molar-refractivity contribution in [2.75, 3.05) is 5.75 Å². The fourth-order valence-electron chi connectivity index (χ4n) is 1.91. The first-order valence-corrected chi connectivity index (χ1v) is 6.64. The Bertz CT molecular complexity index is 138. The van der Waals surface area contributed by atoms with Crippen molar-refractivity contribution >= 4 is 11.8 Å². The molecule has 1 nitrogen and oxygen atoms in total. The fourth-order valence-corrected chi connectivity index (χ4v) is 3.46. The van der Waals surface area contributed by atoms with E-state index in [9.17, 15) is 0 Å². The summed E-state index contributed by atoms with van der Waals surface area (Å²) in [7, 11) is 0. The summed E-state index contributed by atoms with van der Waals surface area (Å²) in [6.07, 6.45) is 6.83. The smallest absolute Gasteiger partial charge is 0.0127 e. The average Bonchev–Trinajstić information content (AvgIpc) is 2.14. The van der Waals surface area contributed by atoms with Crippen LogP contribution in [0.3, 0.4) is 0 Å². The molecule has 0 aromatic carbocycles. The summed E-state index contributed by atoms with van der Waals surface area (Å²) < 4.78 is 0. The van der Waals surface area contributed by atoms with Crippen molar-refractivity contribution in [2.24, 2.45) is 11.7 Å². The molecule has 0 aromatic rings. The molecule has 0 aromatic heterocycles. The molecule has 0 radical (unpaired) electrons. The minimum Gasteiger partial charge on any atom is -0.327 e. The monoisotopic (exact) mass is 201 g/mol. The number of nitrogens with two attached hydrogens (primary N) is 1. The van der Waals surface area contributed by atoms with Gasteiger partial charge in [0.05, 0.1) is 0 Å². The summed E-state index contributed by atoms with van der Waals surface area (Å²) in [5.41, 5.74) is 5.90. The highest BCUT2D eigenvalue weighted by molar-refractivity contribution is 7.99. The van der Waals surface area contributed by atoms with E-state index in [1.807, 2.05) is 0 Å². The molecule has 13 heavy (non-hydrogen) atoms. The summed E-state index contributed by atoms with van der Waals surface area (Å²) in [4.78, 5) is 0. The van der Waals surface area contributed by atoms with Crippen molar-refractivity contribution in [3.05, 3.63) is 0 Å². The Morgan fingerprint density at radius 2 is 2.23 bits per heavy atom. The zero-order valence-electron chi connectivity index (χ0n) is 8.96. The second kappa shape index (κ2) is 5.92. The third-order valence-electron chi connectivity index (χ3n) is 2.96. The highest BCUT2D eigenvalue weighted by Crippen LogP contribution is 2.32. The Balaban J connectivity index is 2.13. The lowest BCUT2D eigenvalue weighted by molar-refractivity contribution is 0.394. The van der Waals surface area contributed by atoms with E-state index in [-0.39, 0.29) is 0 Å². The Hall–Kier alpha value is 0.310. The molecule has 1 saturated carbocycles. The van der Waals surface area contributed by atoms with Crippen molar-refractivity contribution in [2.45, 2.75) is 57.2 Å². The molecule has 3 unspecified atom stereocenters. The van der Waals surface area contributed by atoms with Gasteiger partial charge in [-0.05, 0) is 25.2 Å². The molecular weight excluding hydrogens is 178 g/mol. The summed E-state index contributed by atoms with van der Waals surface area (Å²) >= 11 is 2.11. The zero-order chi connectivity index (χ0) is 9.68. The van der Waals surface area contributed by atoms with E-state index >= 15 is 0 Å². The van der Waals surface area contributed by atoms with Crippen LogP contribution in [0.15, 0.2) is 0 Å². The van der Waals surface area contributed by atoms with Gasteiger partial charge in [-0.3, -0.25) is 0 Å². The van der Waals surface area contributed by atoms with Crippen LogP contribution in [0.2, 0.25) is 0 Å². The molecule has 0 spiro atoms. The third kappa shape index (κ3) is 4.37. The molecule has 0 heterocycles. The van der Waals surface area contributed by atoms with Crippen LogP contribution in [0.25, 0.3) is 0 Å². The fraction of sp³-hybridized carbons (Fsp3) is 1.00. The van der Waals surface area contributed by atoms with Crippen molar-refractivity contribution in [1.82, 2.24) is 0 Å². The predicted molar refractivity (Wildman–Crippen MR) is 62.1 cm³/mol. The lowest BCUT2D eigenvalue weighted by Crippen LogP contribution is -2.24. The lowest BCUT2D eigenvalue weighted by atomic mass is 9.91. The quantitative estimate of drug-likeness (QED) is 0.756. The van der Waals surface area contributed by atoms with Gasteiger partial charge in [-0.15, -0.1) is 0 Å². The molecular formula is C11H23NS. The Morgan fingerprint density at radius 1 is 1.46 bits per heavy atom. The van der Waals surface area contributed by atoms with E-state index in [4.69, 9.17) is 5.73 Å². The van der Waals surface area contributed by atoms with Crippen LogP contribution in [-0.2, 0) is 0 Å². The minimum absolute atomic E-state index is 0.419. The second-order valence-corrected chi connectivity index (χ2v) is 5.73. The van der Waals surface area contributed by atoms with Gasteiger partial charge >= 0.3 is 0 Å². The van der Waals surface area contributed by atoms with Gasteiger partial charge in [-0.1, -0.05) is 26.7 Å². The van der Waals surface area contributed by atoms with Gasteiger partial charge < -0.3 is 5.73 Å². The van der Waals surface area contributed by atoms with E-state index in [2.05, 4.69) is 25.6 Å². The maximum absolute atomic E-state index is 5.90. The summed E-state index contributed by atoms with van der Waals surface area (Å²) in [5.74, 6) is 2.11. The molecule has 78 valence electrons. The molecule has 0 bridgehead atoms. The molecule has 1 rings (SSSR count). The van der Waals surface area contributed by atoms with E-state index in [1.165, 1.54) is 25.7 Å². The largest absolute Gasteiger partial charge is 0.327 e. The number of thioether (sulfide) groups is 1. The van der Waals surface area contributed by atoms with Crippen LogP contribution >= 0.6 is 11.8 Å². The van der Waals surface area contributed by atoms with Gasteiger partial charge in [0, 0.05) is 17.0 Å². The molecule has 3 atom stereocenters. The SMILES string of the molecule is CCC(N)CSC1CCCC(C)C1. The predicted octanol–water partition coefficient (Wildman–Crippen LogP) is 3.04. The summed E-state index contributed by atoms with van der Waals surface area (Å²) in [6.45, 7) is 4.56. The lowest BCUT2D eigenvalue weighted by Gasteiger charge is -2.26. The first kappa shape index (κ1) is 11.4. The van der Waals surface area contributed by atoms with Crippen LogP contribution in [0.1, 0.15) is 46.0 Å². The van der Waals surface area contributed by atoms with Crippen molar-refractivity contribution in [3.8, 4) is 0 Å². The standard InChI is InChI=1S/C11H23NS/c1-3-10(12)8-13-11-6-4-5-9(2)7-11/h9-11H,3-8,12H2,1-2H3. The van der Waals surface area contributed by atoms with Gasteiger partial charge in [0.1, 0.15) is 0 Å². The number of hydrogen-bond donors (Lipinski definition) is 1. The van der Waals surface area contributed by atoms with E-state index in [1.54, 1.807) is 0 Å². The first-order chi connectivity index (χ1) is 6.22. The maximum Gasteiger partial charge on any atom is 0.0127 e. The molecule has 1 aliphatic rings. The molecule has 1 aliphatic carbocycles. The third-order valence-corrected chi connectivity index (χ3v) is 4.48. The van der Waals surface area contributed by atoms with Gasteiger partial charge in [-0.2, -0.15) is 11.8 Å². The Labute approximate surface area is 86.8 Å². The molecule has 2 heteroatoms.